The molecule has 0 bridgehead atoms. The third-order valence-electron chi connectivity index (χ3n) is 2.51. The molecule has 0 N–H and O–H groups in total. The minimum atomic E-state index is -0.417. The second kappa shape index (κ2) is 19.4. The first-order valence-corrected chi connectivity index (χ1v) is 7.86. The molecule has 2 aromatic carbocycles. The van der Waals surface area contributed by atoms with Gasteiger partial charge in [-0.25, -0.2) is 0 Å². The number of nitro benzene ring substituents is 2. The number of rotatable bonds is 2. The molecule has 0 heterocycles. The molecular formula is C19H28N2O4U. The topological polar surface area (TPSA) is 86.3 Å². The second-order valence-electron chi connectivity index (χ2n) is 4.55. The van der Waals surface area contributed by atoms with Crippen LogP contribution in [0.2, 0.25) is 0 Å². The molecule has 0 saturated carbocycles. The van der Waals surface area contributed by atoms with Crippen molar-refractivity contribution in [3.05, 3.63) is 92.5 Å². The minimum absolute atomic E-state index is 0. The Kier molecular flexibility index (Phi) is 21.5. The third-order valence-corrected chi connectivity index (χ3v) is 2.51. The first kappa shape index (κ1) is 28.8. The molecule has 0 spiro atoms. The van der Waals surface area contributed by atoms with Crippen LogP contribution in [-0.4, -0.2) is 9.85 Å². The molecule has 0 aliphatic carbocycles. The van der Waals surface area contributed by atoms with Gasteiger partial charge in [-0.2, -0.15) is 0 Å². The van der Waals surface area contributed by atoms with Crippen LogP contribution in [0.4, 0.5) is 11.4 Å². The summed E-state index contributed by atoms with van der Waals surface area (Å²) >= 11 is 0. The number of hydrogen-bond acceptors (Lipinski definition) is 4. The first-order valence-electron chi connectivity index (χ1n) is 7.86. The maximum atomic E-state index is 10.0. The number of non-ortho nitro benzene ring substituents is 2. The number of para-hydroxylation sites is 2. The fourth-order valence-corrected chi connectivity index (χ4v) is 1.10. The summed E-state index contributed by atoms with van der Waals surface area (Å²) in [6, 6.07) is 15.9. The molecule has 0 atom stereocenters. The molecule has 26 heavy (non-hydrogen) atoms. The Morgan fingerprint density at radius 3 is 1.15 bits per heavy atom. The Morgan fingerprint density at radius 2 is 1.04 bits per heavy atom. The second-order valence-corrected chi connectivity index (χ2v) is 4.55. The number of benzene rings is 2. The van der Waals surface area contributed by atoms with Crippen LogP contribution in [0.25, 0.3) is 0 Å². The Labute approximate surface area is 180 Å². The number of hydrogen-bond donors (Lipinski definition) is 0. The SMILES string of the molecule is CC.CC=C(C)C.O=[N+]([O-])c1ccccc1.O=[N+]([O-])c1ccccc1.[3HH].[U]. The summed E-state index contributed by atoms with van der Waals surface area (Å²) in [7, 11) is 0. The van der Waals surface area contributed by atoms with Gasteiger partial charge in [-0.1, -0.05) is 61.9 Å². The van der Waals surface area contributed by atoms with E-state index in [9.17, 15) is 20.2 Å². The zero-order valence-corrected chi connectivity index (χ0v) is 20.0. The summed E-state index contributed by atoms with van der Waals surface area (Å²) in [4.78, 5) is 19.2. The molecular weight excluding hydrogens is 558 g/mol. The largest absolute Gasteiger partial charge is 0.269 e. The van der Waals surface area contributed by atoms with Gasteiger partial charge in [0.1, 0.15) is 0 Å². The van der Waals surface area contributed by atoms with Gasteiger partial charge in [-0.3, -0.25) is 20.2 Å². The number of allylic oxidation sites excluding steroid dienone is 2. The van der Waals surface area contributed by atoms with E-state index in [0.717, 1.165) is 0 Å². The molecule has 0 unspecified atom stereocenters. The maximum absolute atomic E-state index is 10.0. The standard InChI is InChI=1S/2C6H5NO2.C5H10.C2H6.U.H2/c2*8-7(9)6-4-2-1-3-5-6;1-4-5(2)3;1-2;;/h2*1-5H;4H,1-3H3;1-2H3;;1H/i;;;;;1+2. The fraction of sp³-hybridized carbons (Fsp3) is 0.263. The molecule has 0 saturated heterocycles. The van der Waals surface area contributed by atoms with Crippen molar-refractivity contribution in [3.8, 4) is 0 Å². The average Bonchev–Trinajstić information content (AvgIpc) is 2.65. The van der Waals surface area contributed by atoms with Gasteiger partial charge >= 0.3 is 0 Å². The van der Waals surface area contributed by atoms with Crippen LogP contribution in [0.1, 0.15) is 36.0 Å². The molecule has 0 radical (unpaired) electrons. The molecule has 142 valence electrons. The predicted molar refractivity (Wildman–Crippen MR) is 105 cm³/mol. The van der Waals surface area contributed by atoms with E-state index in [0.29, 0.717) is 0 Å². The number of nitro groups is 2. The van der Waals surface area contributed by atoms with Crippen LogP contribution < -0.4 is 0 Å². The minimum Gasteiger partial charge on any atom is -0.258 e. The molecule has 2 rings (SSSR count). The maximum Gasteiger partial charge on any atom is 0.269 e. The van der Waals surface area contributed by atoms with E-state index in [2.05, 4.69) is 19.9 Å². The van der Waals surface area contributed by atoms with Gasteiger partial charge in [0.15, 0.2) is 0 Å². The molecule has 0 amide bonds. The zero-order valence-electron chi connectivity index (χ0n) is 15.9. The molecule has 0 aliphatic heterocycles. The first-order chi connectivity index (χ1) is 11.9. The van der Waals surface area contributed by atoms with E-state index in [1.54, 1.807) is 36.4 Å². The average molecular weight is 588 g/mol. The quantitative estimate of drug-likeness (QED) is 0.230. The van der Waals surface area contributed by atoms with Gasteiger partial charge in [0.25, 0.3) is 11.4 Å². The van der Waals surface area contributed by atoms with E-state index in [1.807, 2.05) is 20.8 Å². The van der Waals surface area contributed by atoms with Gasteiger partial charge in [0.2, 0.25) is 0 Å². The summed E-state index contributed by atoms with van der Waals surface area (Å²) in [5.74, 6) is 0. The Balaban J connectivity index is -0.000000141. The Hall–Kier alpha value is -1.97. The summed E-state index contributed by atoms with van der Waals surface area (Å²) in [6.45, 7) is 10.2. The van der Waals surface area contributed by atoms with Crippen LogP contribution in [0, 0.1) is 51.3 Å². The smallest absolute Gasteiger partial charge is 0.258 e. The van der Waals surface area contributed by atoms with Crippen molar-refractivity contribution < 1.29 is 42.4 Å². The van der Waals surface area contributed by atoms with Crippen molar-refractivity contribution in [1.29, 1.82) is 0 Å². The molecule has 6 nitrogen and oxygen atoms in total. The summed E-state index contributed by atoms with van der Waals surface area (Å²) in [5.41, 5.74) is 1.65. The summed E-state index contributed by atoms with van der Waals surface area (Å²) < 4.78 is 0. The van der Waals surface area contributed by atoms with E-state index in [1.165, 1.54) is 29.8 Å². The normalized spacial score (nSPS) is 7.73. The van der Waals surface area contributed by atoms with Crippen LogP contribution >= 0.6 is 0 Å². The van der Waals surface area contributed by atoms with Crippen LogP contribution in [0.3, 0.4) is 0 Å². The van der Waals surface area contributed by atoms with Gasteiger partial charge in [-0.05, 0) is 20.8 Å². The van der Waals surface area contributed by atoms with Gasteiger partial charge in [-0.15, -0.1) is 0 Å². The molecule has 0 aromatic heterocycles. The molecule has 2 aromatic rings. The van der Waals surface area contributed by atoms with Crippen molar-refractivity contribution in [3.63, 3.8) is 0 Å². The van der Waals surface area contributed by atoms with E-state index < -0.39 is 9.85 Å². The third kappa shape index (κ3) is 16.9. The summed E-state index contributed by atoms with van der Waals surface area (Å²) in [5, 5.41) is 20.0. The van der Waals surface area contributed by atoms with Crippen LogP contribution in [0.5, 0.6) is 0 Å². The fourth-order valence-electron chi connectivity index (χ4n) is 1.10. The van der Waals surface area contributed by atoms with E-state index in [4.69, 9.17) is 0 Å². The Morgan fingerprint density at radius 1 is 0.808 bits per heavy atom. The predicted octanol–water partition coefficient (Wildman–Crippen LogP) is 6.43. The van der Waals surface area contributed by atoms with Gasteiger partial charge in [0.05, 0.1) is 9.85 Å². The van der Waals surface area contributed by atoms with Crippen LogP contribution in [-0.2, 0) is 0 Å². The molecule has 7 heteroatoms. The van der Waals surface area contributed by atoms with Gasteiger partial charge < -0.3 is 0 Å². The molecule has 0 fully saturated rings. The summed E-state index contributed by atoms with van der Waals surface area (Å²) in [6.07, 6.45) is 2.08. The zero-order chi connectivity index (χ0) is 19.7. The van der Waals surface area contributed by atoms with Crippen molar-refractivity contribution in [2.45, 2.75) is 34.6 Å². The van der Waals surface area contributed by atoms with Crippen molar-refractivity contribution >= 4 is 11.4 Å². The van der Waals surface area contributed by atoms with Crippen molar-refractivity contribution in [1.82, 2.24) is 0 Å². The van der Waals surface area contributed by atoms with E-state index in [-0.39, 0.29) is 43.9 Å². The van der Waals surface area contributed by atoms with Gasteiger partial charge in [0, 0.05) is 56.8 Å². The Bertz CT molecular complexity index is 585. The van der Waals surface area contributed by atoms with Crippen molar-refractivity contribution in [2.75, 3.05) is 0 Å². The van der Waals surface area contributed by atoms with Crippen molar-refractivity contribution in [2.24, 2.45) is 0 Å². The van der Waals surface area contributed by atoms with E-state index >= 15 is 0 Å². The molecule has 0 aliphatic rings. The number of nitrogens with zero attached hydrogens (tertiary/aromatic N) is 2. The monoisotopic (exact) mass is 588 g/mol. The van der Waals surface area contributed by atoms with Crippen LogP contribution in [0.15, 0.2) is 72.3 Å².